The molecule has 0 aromatic heterocycles. The first-order valence-corrected chi connectivity index (χ1v) is 7.79. The van der Waals surface area contributed by atoms with Gasteiger partial charge in [0.2, 0.25) is 0 Å². The average molecular weight is 297 g/mol. The molecule has 1 aliphatic carbocycles. The second-order valence-corrected chi connectivity index (χ2v) is 6.65. The molecule has 0 aromatic carbocycles. The summed E-state index contributed by atoms with van der Waals surface area (Å²) in [6.45, 7) is 1.22. The molecule has 0 radical (unpaired) electrons. The summed E-state index contributed by atoms with van der Waals surface area (Å²) in [5.74, 6) is -0.887. The largest absolute Gasteiger partial charge is 0.480 e. The average Bonchev–Trinajstić information content (AvgIpc) is 2.41. The van der Waals surface area contributed by atoms with Gasteiger partial charge < -0.3 is 19.8 Å². The number of rotatable bonds is 4. The maximum atomic E-state index is 12.6. The first-order chi connectivity index (χ1) is 9.87. The number of aliphatic carboxylic acids is 1. The van der Waals surface area contributed by atoms with Crippen LogP contribution < -0.4 is 0 Å². The Morgan fingerprint density at radius 1 is 1.19 bits per heavy atom. The van der Waals surface area contributed by atoms with Crippen LogP contribution in [0.2, 0.25) is 0 Å². The van der Waals surface area contributed by atoms with Crippen molar-refractivity contribution in [3.8, 4) is 0 Å². The lowest BCUT2D eigenvalue weighted by atomic mass is 9.75. The Balaban J connectivity index is 2.02. The zero-order chi connectivity index (χ0) is 15.6. The van der Waals surface area contributed by atoms with E-state index in [2.05, 4.69) is 19.0 Å². The van der Waals surface area contributed by atoms with E-state index in [9.17, 15) is 14.7 Å². The number of carboxylic acids is 1. The first kappa shape index (κ1) is 16.1. The lowest BCUT2D eigenvalue weighted by molar-refractivity contribution is -0.143. The summed E-state index contributed by atoms with van der Waals surface area (Å²) >= 11 is 0. The highest BCUT2D eigenvalue weighted by molar-refractivity contribution is 5.82. The number of likely N-dealkylation sites (tertiary alicyclic amines) is 1. The third-order valence-electron chi connectivity index (χ3n) is 5.12. The van der Waals surface area contributed by atoms with E-state index in [0.29, 0.717) is 19.5 Å². The van der Waals surface area contributed by atoms with Crippen molar-refractivity contribution in [1.29, 1.82) is 0 Å². The Bertz CT molecular complexity index is 407. The van der Waals surface area contributed by atoms with Gasteiger partial charge in [0.05, 0.1) is 0 Å². The maximum Gasteiger partial charge on any atom is 0.326 e. The smallest absolute Gasteiger partial charge is 0.326 e. The fraction of sp³-hybridized carbons (Fsp3) is 0.867. The lowest BCUT2D eigenvalue weighted by Gasteiger charge is -2.49. The van der Waals surface area contributed by atoms with Crippen molar-refractivity contribution in [1.82, 2.24) is 14.7 Å². The summed E-state index contributed by atoms with van der Waals surface area (Å²) in [5.41, 5.74) is 0.0684. The third kappa shape index (κ3) is 3.15. The van der Waals surface area contributed by atoms with Crippen LogP contribution in [0.15, 0.2) is 0 Å². The van der Waals surface area contributed by atoms with E-state index in [1.165, 1.54) is 11.3 Å². The number of carboxylic acid groups (broad SMARTS) is 1. The molecule has 0 spiro atoms. The molecule has 6 nitrogen and oxygen atoms in total. The minimum absolute atomic E-state index is 0.0684. The summed E-state index contributed by atoms with van der Waals surface area (Å²) in [7, 11) is 5.90. The predicted molar refractivity (Wildman–Crippen MR) is 80.3 cm³/mol. The molecule has 120 valence electrons. The Morgan fingerprint density at radius 3 is 2.33 bits per heavy atom. The van der Waals surface area contributed by atoms with Gasteiger partial charge in [-0.05, 0) is 52.6 Å². The lowest BCUT2D eigenvalue weighted by Crippen LogP contribution is -2.60. The van der Waals surface area contributed by atoms with Gasteiger partial charge in [-0.1, -0.05) is 0 Å². The molecule has 1 saturated carbocycles. The van der Waals surface area contributed by atoms with Gasteiger partial charge in [0.15, 0.2) is 0 Å². The van der Waals surface area contributed by atoms with Crippen molar-refractivity contribution in [2.24, 2.45) is 0 Å². The van der Waals surface area contributed by atoms with E-state index >= 15 is 0 Å². The van der Waals surface area contributed by atoms with Gasteiger partial charge in [0.1, 0.15) is 6.04 Å². The number of amides is 2. The Hall–Kier alpha value is -1.30. The molecule has 2 fully saturated rings. The molecule has 0 bridgehead atoms. The van der Waals surface area contributed by atoms with Gasteiger partial charge in [0.25, 0.3) is 0 Å². The molecular weight excluding hydrogens is 270 g/mol. The predicted octanol–water partition coefficient (Wildman–Crippen LogP) is 1.46. The molecule has 6 heteroatoms. The van der Waals surface area contributed by atoms with Crippen molar-refractivity contribution in [2.75, 3.05) is 34.2 Å². The number of urea groups is 1. The van der Waals surface area contributed by atoms with Gasteiger partial charge in [-0.2, -0.15) is 0 Å². The Kier molecular flexibility index (Phi) is 4.76. The van der Waals surface area contributed by atoms with Crippen LogP contribution >= 0.6 is 0 Å². The number of likely N-dealkylation sites (N-methyl/N-ethyl adjacent to an activating group) is 2. The van der Waals surface area contributed by atoms with Crippen LogP contribution in [0.1, 0.15) is 38.5 Å². The molecule has 2 rings (SSSR count). The minimum atomic E-state index is -0.887. The van der Waals surface area contributed by atoms with E-state index in [1.54, 1.807) is 11.9 Å². The third-order valence-corrected chi connectivity index (χ3v) is 5.12. The second kappa shape index (κ2) is 6.22. The molecule has 1 aliphatic heterocycles. The van der Waals surface area contributed by atoms with Crippen LogP contribution in [0.5, 0.6) is 0 Å². The fourth-order valence-electron chi connectivity index (χ4n) is 3.48. The number of hydrogen-bond acceptors (Lipinski definition) is 3. The minimum Gasteiger partial charge on any atom is -0.480 e. The summed E-state index contributed by atoms with van der Waals surface area (Å²) in [4.78, 5) is 29.4. The van der Waals surface area contributed by atoms with Gasteiger partial charge in [0, 0.05) is 25.7 Å². The Morgan fingerprint density at radius 2 is 1.86 bits per heavy atom. The molecule has 2 aliphatic rings. The van der Waals surface area contributed by atoms with Crippen LogP contribution in [0, 0.1) is 0 Å². The number of hydrogen-bond donors (Lipinski definition) is 1. The van der Waals surface area contributed by atoms with Crippen molar-refractivity contribution in [2.45, 2.75) is 50.1 Å². The molecular formula is C15H27N3O3. The van der Waals surface area contributed by atoms with Crippen molar-refractivity contribution in [3.63, 3.8) is 0 Å². The molecule has 1 unspecified atom stereocenters. The zero-order valence-corrected chi connectivity index (χ0v) is 13.3. The highest BCUT2D eigenvalue weighted by Crippen LogP contribution is 2.37. The molecule has 2 amide bonds. The summed E-state index contributed by atoms with van der Waals surface area (Å²) in [6, 6.07) is -0.805. The van der Waals surface area contributed by atoms with Crippen molar-refractivity contribution < 1.29 is 14.7 Å². The number of carbonyl (C=O) groups is 2. The molecule has 1 atom stereocenters. The van der Waals surface area contributed by atoms with Gasteiger partial charge in [-0.3, -0.25) is 0 Å². The number of piperidine rings is 1. The van der Waals surface area contributed by atoms with E-state index in [-0.39, 0.29) is 11.6 Å². The van der Waals surface area contributed by atoms with E-state index in [0.717, 1.165) is 25.7 Å². The van der Waals surface area contributed by atoms with Crippen molar-refractivity contribution >= 4 is 12.0 Å². The topological polar surface area (TPSA) is 64.1 Å². The van der Waals surface area contributed by atoms with Gasteiger partial charge >= 0.3 is 12.0 Å². The van der Waals surface area contributed by atoms with Crippen LogP contribution in [-0.2, 0) is 4.79 Å². The summed E-state index contributed by atoms with van der Waals surface area (Å²) in [5, 5.41) is 9.30. The second-order valence-electron chi connectivity index (χ2n) is 6.65. The van der Waals surface area contributed by atoms with E-state index in [1.807, 2.05) is 0 Å². The monoisotopic (exact) mass is 297 g/mol. The highest BCUT2D eigenvalue weighted by Gasteiger charge is 2.42. The van der Waals surface area contributed by atoms with Crippen LogP contribution in [-0.4, -0.2) is 77.6 Å². The quantitative estimate of drug-likeness (QED) is 0.853. The van der Waals surface area contributed by atoms with E-state index < -0.39 is 12.0 Å². The van der Waals surface area contributed by atoms with Crippen LogP contribution in [0.25, 0.3) is 0 Å². The zero-order valence-electron chi connectivity index (χ0n) is 13.3. The molecule has 0 aromatic rings. The van der Waals surface area contributed by atoms with Gasteiger partial charge in [-0.25, -0.2) is 9.59 Å². The standard InChI is InChI=1S/C15H27N3O3/c1-16(2)15(8-6-9-15)11-17(3)14(21)18-10-5-4-7-12(18)13(19)20/h12H,4-11H2,1-3H3,(H,19,20). The van der Waals surface area contributed by atoms with Crippen LogP contribution in [0.3, 0.4) is 0 Å². The maximum absolute atomic E-state index is 12.6. The normalized spacial score (nSPS) is 24.6. The number of carbonyl (C=O) groups excluding carboxylic acids is 1. The van der Waals surface area contributed by atoms with E-state index in [4.69, 9.17) is 0 Å². The van der Waals surface area contributed by atoms with Crippen LogP contribution in [0.4, 0.5) is 4.79 Å². The highest BCUT2D eigenvalue weighted by atomic mass is 16.4. The van der Waals surface area contributed by atoms with Crippen molar-refractivity contribution in [3.05, 3.63) is 0 Å². The molecule has 21 heavy (non-hydrogen) atoms. The molecule has 1 N–H and O–H groups in total. The summed E-state index contributed by atoms with van der Waals surface area (Å²) in [6.07, 6.45) is 5.73. The Labute approximate surface area is 126 Å². The van der Waals surface area contributed by atoms with Gasteiger partial charge in [-0.15, -0.1) is 0 Å². The molecule has 1 saturated heterocycles. The number of nitrogens with zero attached hydrogens (tertiary/aromatic N) is 3. The SMILES string of the molecule is CN(CC1(N(C)C)CCC1)C(=O)N1CCCCC1C(=O)O. The first-order valence-electron chi connectivity index (χ1n) is 7.79. The fourth-order valence-corrected chi connectivity index (χ4v) is 3.48. The summed E-state index contributed by atoms with van der Waals surface area (Å²) < 4.78 is 0. The molecule has 1 heterocycles.